The van der Waals surface area contributed by atoms with E-state index < -0.39 is 11.9 Å². The van der Waals surface area contributed by atoms with Crippen LogP contribution in [0.3, 0.4) is 0 Å². The van der Waals surface area contributed by atoms with Gasteiger partial charge in [0.1, 0.15) is 0 Å². The van der Waals surface area contributed by atoms with Crippen molar-refractivity contribution < 1.29 is 24.6 Å². The van der Waals surface area contributed by atoms with Crippen molar-refractivity contribution in [3.63, 3.8) is 0 Å². The lowest BCUT2D eigenvalue weighted by atomic mass is 9.96. The van der Waals surface area contributed by atoms with Gasteiger partial charge in [-0.1, -0.05) is 11.8 Å². The Bertz CT molecular complexity index is 765. The monoisotopic (exact) mass is 341 g/mol. The molecular formula is C19H19NO5. The van der Waals surface area contributed by atoms with Crippen molar-refractivity contribution >= 4 is 17.8 Å². The van der Waals surface area contributed by atoms with Gasteiger partial charge in [0.25, 0.3) is 0 Å². The van der Waals surface area contributed by atoms with Crippen LogP contribution in [0.1, 0.15) is 54.4 Å². The van der Waals surface area contributed by atoms with Crippen LogP contribution in [0, 0.1) is 11.8 Å². The molecule has 0 bridgehead atoms. The Morgan fingerprint density at radius 1 is 1.00 bits per heavy atom. The molecular weight excluding hydrogens is 322 g/mol. The number of nitrogens with one attached hydrogen (secondary N) is 1. The van der Waals surface area contributed by atoms with Crippen molar-refractivity contribution in [3.05, 3.63) is 46.7 Å². The van der Waals surface area contributed by atoms with Crippen molar-refractivity contribution in [1.29, 1.82) is 0 Å². The predicted octanol–water partition coefficient (Wildman–Crippen LogP) is 2.55. The van der Waals surface area contributed by atoms with Crippen molar-refractivity contribution in [3.8, 4) is 11.8 Å². The fourth-order valence-electron chi connectivity index (χ4n) is 2.55. The number of aromatic carboxylic acids is 1. The van der Waals surface area contributed by atoms with Gasteiger partial charge in [0, 0.05) is 24.1 Å². The van der Waals surface area contributed by atoms with E-state index in [2.05, 4.69) is 17.2 Å². The molecule has 0 unspecified atom stereocenters. The summed E-state index contributed by atoms with van der Waals surface area (Å²) in [7, 11) is 0. The summed E-state index contributed by atoms with van der Waals surface area (Å²) < 4.78 is 0. The van der Waals surface area contributed by atoms with Gasteiger partial charge in [-0.3, -0.25) is 4.79 Å². The minimum atomic E-state index is -0.992. The number of carboxylic acid groups (broad SMARTS) is 2. The van der Waals surface area contributed by atoms with Gasteiger partial charge in [0.05, 0.1) is 11.1 Å². The fourth-order valence-corrected chi connectivity index (χ4v) is 2.55. The molecule has 6 heteroatoms. The van der Waals surface area contributed by atoms with Crippen LogP contribution < -0.4 is 5.32 Å². The van der Waals surface area contributed by atoms with E-state index in [-0.39, 0.29) is 17.9 Å². The molecule has 0 aliphatic heterocycles. The molecule has 0 heterocycles. The Labute approximate surface area is 145 Å². The van der Waals surface area contributed by atoms with E-state index in [1.807, 2.05) is 0 Å². The zero-order chi connectivity index (χ0) is 18.2. The highest BCUT2D eigenvalue weighted by Gasteiger charge is 2.19. The molecule has 0 spiro atoms. The topological polar surface area (TPSA) is 104 Å². The summed E-state index contributed by atoms with van der Waals surface area (Å²) in [6.07, 6.45) is 3.27. The minimum Gasteiger partial charge on any atom is -0.478 e. The average molecular weight is 341 g/mol. The van der Waals surface area contributed by atoms with Gasteiger partial charge in [-0.2, -0.15) is 0 Å². The molecule has 6 nitrogen and oxygen atoms in total. The SMILES string of the molecule is O=C(CCC#Cc1ccc(C(=O)O)cc1)NC1=C(C(=O)O)CCCC1. The van der Waals surface area contributed by atoms with E-state index in [4.69, 9.17) is 10.2 Å². The molecule has 0 saturated heterocycles. The third kappa shape index (κ3) is 5.50. The van der Waals surface area contributed by atoms with E-state index in [1.54, 1.807) is 12.1 Å². The first-order valence-corrected chi connectivity index (χ1v) is 8.05. The number of carbonyl (C=O) groups is 3. The number of amides is 1. The third-order valence-corrected chi connectivity index (χ3v) is 3.86. The number of carbonyl (C=O) groups excluding carboxylic acids is 1. The molecule has 1 amide bonds. The van der Waals surface area contributed by atoms with Gasteiger partial charge in [0.2, 0.25) is 5.91 Å². The highest BCUT2D eigenvalue weighted by atomic mass is 16.4. The molecule has 1 aromatic rings. The number of aliphatic carboxylic acids is 1. The Balaban J connectivity index is 1.86. The number of rotatable bonds is 5. The summed E-state index contributed by atoms with van der Waals surface area (Å²) in [5.74, 6) is 3.52. The predicted molar refractivity (Wildman–Crippen MR) is 90.8 cm³/mol. The number of carboxylic acids is 2. The summed E-state index contributed by atoms with van der Waals surface area (Å²) in [4.78, 5) is 33.9. The van der Waals surface area contributed by atoms with Crippen LogP contribution in [0.25, 0.3) is 0 Å². The zero-order valence-corrected chi connectivity index (χ0v) is 13.7. The van der Waals surface area contributed by atoms with E-state index in [0.717, 1.165) is 12.8 Å². The third-order valence-electron chi connectivity index (χ3n) is 3.86. The first-order chi connectivity index (χ1) is 12.0. The normalized spacial score (nSPS) is 13.6. The Hall–Kier alpha value is -3.07. The van der Waals surface area contributed by atoms with E-state index in [9.17, 15) is 14.4 Å². The summed E-state index contributed by atoms with van der Waals surface area (Å²) in [6, 6.07) is 6.18. The lowest BCUT2D eigenvalue weighted by Gasteiger charge is -2.18. The molecule has 1 aliphatic rings. The molecule has 25 heavy (non-hydrogen) atoms. The summed E-state index contributed by atoms with van der Waals surface area (Å²) in [5.41, 5.74) is 1.68. The van der Waals surface area contributed by atoms with Gasteiger partial charge in [-0.05, 0) is 49.9 Å². The second-order valence-corrected chi connectivity index (χ2v) is 5.70. The fraction of sp³-hybridized carbons (Fsp3) is 0.316. The van der Waals surface area contributed by atoms with E-state index in [1.165, 1.54) is 12.1 Å². The Morgan fingerprint density at radius 2 is 1.68 bits per heavy atom. The smallest absolute Gasteiger partial charge is 0.335 e. The van der Waals surface area contributed by atoms with Crippen LogP contribution in [0.15, 0.2) is 35.5 Å². The Morgan fingerprint density at radius 3 is 2.32 bits per heavy atom. The number of benzene rings is 1. The molecule has 0 radical (unpaired) electrons. The number of hydrogen-bond acceptors (Lipinski definition) is 3. The molecule has 130 valence electrons. The maximum Gasteiger partial charge on any atom is 0.335 e. The molecule has 0 saturated carbocycles. The lowest BCUT2D eigenvalue weighted by molar-refractivity contribution is -0.133. The maximum absolute atomic E-state index is 11.9. The molecule has 0 atom stereocenters. The Kier molecular flexibility index (Phi) is 6.35. The van der Waals surface area contributed by atoms with Crippen molar-refractivity contribution in [2.24, 2.45) is 0 Å². The van der Waals surface area contributed by atoms with Crippen molar-refractivity contribution in [2.75, 3.05) is 0 Å². The van der Waals surface area contributed by atoms with Gasteiger partial charge in [0.15, 0.2) is 0 Å². The van der Waals surface area contributed by atoms with Crippen LogP contribution in [0.4, 0.5) is 0 Å². The van der Waals surface area contributed by atoms with Crippen LogP contribution in [-0.2, 0) is 9.59 Å². The van der Waals surface area contributed by atoms with Gasteiger partial charge in [-0.25, -0.2) is 9.59 Å². The molecule has 0 fully saturated rings. The summed E-state index contributed by atoms with van der Waals surface area (Å²) in [5, 5.41) is 20.7. The second kappa shape index (κ2) is 8.69. The van der Waals surface area contributed by atoms with Gasteiger partial charge >= 0.3 is 11.9 Å². The van der Waals surface area contributed by atoms with Gasteiger partial charge in [-0.15, -0.1) is 0 Å². The second-order valence-electron chi connectivity index (χ2n) is 5.70. The quantitative estimate of drug-likeness (QED) is 0.714. The highest BCUT2D eigenvalue weighted by molar-refractivity contribution is 5.89. The lowest BCUT2D eigenvalue weighted by Crippen LogP contribution is -2.26. The van der Waals surface area contributed by atoms with Crippen LogP contribution in [0.5, 0.6) is 0 Å². The first-order valence-electron chi connectivity index (χ1n) is 8.05. The molecule has 3 N–H and O–H groups in total. The van der Waals surface area contributed by atoms with Crippen molar-refractivity contribution in [2.45, 2.75) is 38.5 Å². The zero-order valence-electron chi connectivity index (χ0n) is 13.7. The maximum atomic E-state index is 11.9. The molecule has 0 aromatic heterocycles. The minimum absolute atomic E-state index is 0.177. The molecule has 1 aliphatic carbocycles. The van der Waals surface area contributed by atoms with Crippen molar-refractivity contribution in [1.82, 2.24) is 5.32 Å². The number of allylic oxidation sites excluding steroid dienone is 1. The molecule has 2 rings (SSSR count). The van der Waals surface area contributed by atoms with Crippen LogP contribution in [0.2, 0.25) is 0 Å². The van der Waals surface area contributed by atoms with E-state index >= 15 is 0 Å². The first kappa shape index (κ1) is 18.3. The summed E-state index contributed by atoms with van der Waals surface area (Å²) in [6.45, 7) is 0. The molecule has 1 aromatic carbocycles. The van der Waals surface area contributed by atoms with Crippen LogP contribution >= 0.6 is 0 Å². The van der Waals surface area contributed by atoms with Gasteiger partial charge < -0.3 is 15.5 Å². The van der Waals surface area contributed by atoms with Crippen LogP contribution in [-0.4, -0.2) is 28.1 Å². The van der Waals surface area contributed by atoms with E-state index in [0.29, 0.717) is 36.1 Å². The standard InChI is InChI=1S/C19H19NO5/c21-17(20-16-7-3-2-6-15(16)19(24)25)8-4-1-5-13-9-11-14(12-10-13)18(22)23/h9-12H,2-4,6-8H2,(H,20,21)(H,22,23)(H,24,25). The largest absolute Gasteiger partial charge is 0.478 e. The average Bonchev–Trinajstić information content (AvgIpc) is 2.59. The highest BCUT2D eigenvalue weighted by Crippen LogP contribution is 2.23. The summed E-state index contributed by atoms with van der Waals surface area (Å²) >= 11 is 0. The number of hydrogen-bond donors (Lipinski definition) is 3.